The van der Waals surface area contributed by atoms with Crippen molar-refractivity contribution in [1.29, 1.82) is 0 Å². The van der Waals surface area contributed by atoms with Gasteiger partial charge in [-0.1, -0.05) is 23.7 Å². The molecule has 0 amide bonds. The van der Waals surface area contributed by atoms with Crippen molar-refractivity contribution in [1.82, 2.24) is 14.6 Å². The van der Waals surface area contributed by atoms with E-state index < -0.39 is 0 Å². The van der Waals surface area contributed by atoms with Gasteiger partial charge in [-0.2, -0.15) is 9.61 Å². The van der Waals surface area contributed by atoms with Crippen molar-refractivity contribution in [3.05, 3.63) is 47.2 Å². The van der Waals surface area contributed by atoms with Crippen LogP contribution in [0.3, 0.4) is 0 Å². The fraction of sp³-hybridized carbons (Fsp3) is 0.250. The molecular formula is C16H17ClN4. The van der Waals surface area contributed by atoms with Crippen LogP contribution in [-0.2, 0) is 0 Å². The van der Waals surface area contributed by atoms with Crippen molar-refractivity contribution in [3.8, 4) is 11.1 Å². The number of hydrogen-bond acceptors (Lipinski definition) is 3. The van der Waals surface area contributed by atoms with Crippen LogP contribution in [-0.4, -0.2) is 20.6 Å². The predicted octanol–water partition coefficient (Wildman–Crippen LogP) is 4.18. The highest BCUT2D eigenvalue weighted by atomic mass is 35.5. The summed E-state index contributed by atoms with van der Waals surface area (Å²) in [6, 6.07) is 10.1. The topological polar surface area (TPSA) is 42.2 Å². The average molecular weight is 301 g/mol. The van der Waals surface area contributed by atoms with Crippen molar-refractivity contribution in [2.24, 2.45) is 0 Å². The molecule has 3 rings (SSSR count). The van der Waals surface area contributed by atoms with E-state index >= 15 is 0 Å². The molecular weight excluding hydrogens is 284 g/mol. The lowest BCUT2D eigenvalue weighted by atomic mass is 10.1. The molecule has 3 aromatic rings. The summed E-state index contributed by atoms with van der Waals surface area (Å²) in [7, 11) is 0. The Bertz CT molecular complexity index is 775. The standard InChI is InChI=1S/C16H17ClN4/c1-10(2)19-15-8-11(3)20-16-14(9-18-21(15)16)12-4-6-13(17)7-5-12/h4-10,19H,1-3H3. The lowest BCUT2D eigenvalue weighted by molar-refractivity contribution is 0.848. The number of rotatable bonds is 3. The maximum atomic E-state index is 5.95. The zero-order valence-electron chi connectivity index (χ0n) is 12.3. The third-order valence-corrected chi connectivity index (χ3v) is 3.44. The normalized spacial score (nSPS) is 11.3. The van der Waals surface area contributed by atoms with Crippen molar-refractivity contribution in [2.75, 3.05) is 5.32 Å². The first-order chi connectivity index (χ1) is 10.0. The minimum Gasteiger partial charge on any atom is -0.368 e. The molecule has 4 nitrogen and oxygen atoms in total. The summed E-state index contributed by atoms with van der Waals surface area (Å²) < 4.78 is 1.84. The van der Waals surface area contributed by atoms with Gasteiger partial charge in [0.1, 0.15) is 5.82 Å². The van der Waals surface area contributed by atoms with Gasteiger partial charge in [-0.25, -0.2) is 4.98 Å². The van der Waals surface area contributed by atoms with Crippen LogP contribution < -0.4 is 5.32 Å². The first-order valence-electron chi connectivity index (χ1n) is 6.92. The maximum absolute atomic E-state index is 5.95. The number of halogens is 1. The molecule has 2 aromatic heterocycles. The second-order valence-corrected chi connectivity index (χ2v) is 5.82. The number of aryl methyl sites for hydroxylation is 1. The number of nitrogens with zero attached hydrogens (tertiary/aromatic N) is 3. The SMILES string of the molecule is Cc1cc(NC(C)C)n2ncc(-c3ccc(Cl)cc3)c2n1. The Labute approximate surface area is 128 Å². The summed E-state index contributed by atoms with van der Waals surface area (Å²) in [6.07, 6.45) is 1.84. The van der Waals surface area contributed by atoms with Crippen LogP contribution in [0.4, 0.5) is 5.82 Å². The van der Waals surface area contributed by atoms with Gasteiger partial charge in [0.05, 0.1) is 6.20 Å². The summed E-state index contributed by atoms with van der Waals surface area (Å²) in [6.45, 7) is 6.19. The molecule has 1 aromatic carbocycles. The number of fused-ring (bicyclic) bond motifs is 1. The van der Waals surface area contributed by atoms with Crippen LogP contribution in [0.15, 0.2) is 36.5 Å². The molecule has 0 aliphatic rings. The molecule has 0 fully saturated rings. The molecule has 0 atom stereocenters. The molecule has 0 saturated carbocycles. The van der Waals surface area contributed by atoms with Gasteiger partial charge in [-0.15, -0.1) is 0 Å². The molecule has 0 aliphatic heterocycles. The molecule has 1 N–H and O–H groups in total. The molecule has 0 aliphatic carbocycles. The second kappa shape index (κ2) is 5.37. The van der Waals surface area contributed by atoms with E-state index in [1.54, 1.807) is 0 Å². The number of anilines is 1. The quantitative estimate of drug-likeness (QED) is 0.789. The van der Waals surface area contributed by atoms with Gasteiger partial charge < -0.3 is 5.32 Å². The molecule has 0 unspecified atom stereocenters. The Morgan fingerprint density at radius 2 is 1.90 bits per heavy atom. The first kappa shape index (κ1) is 13.9. The van der Waals surface area contributed by atoms with Crippen LogP contribution in [0.5, 0.6) is 0 Å². The van der Waals surface area contributed by atoms with E-state index in [4.69, 9.17) is 11.6 Å². The van der Waals surface area contributed by atoms with Gasteiger partial charge >= 0.3 is 0 Å². The smallest absolute Gasteiger partial charge is 0.165 e. The van der Waals surface area contributed by atoms with Gasteiger partial charge in [0.2, 0.25) is 0 Å². The molecule has 0 radical (unpaired) electrons. The van der Waals surface area contributed by atoms with Crippen molar-refractivity contribution in [3.63, 3.8) is 0 Å². The third-order valence-electron chi connectivity index (χ3n) is 3.19. The lowest BCUT2D eigenvalue weighted by Crippen LogP contribution is -2.14. The van der Waals surface area contributed by atoms with Crippen LogP contribution in [0.25, 0.3) is 16.8 Å². The van der Waals surface area contributed by atoms with Gasteiger partial charge in [-0.3, -0.25) is 0 Å². The maximum Gasteiger partial charge on any atom is 0.165 e. The summed E-state index contributed by atoms with van der Waals surface area (Å²) in [4.78, 5) is 4.63. The summed E-state index contributed by atoms with van der Waals surface area (Å²) >= 11 is 5.95. The fourth-order valence-electron chi connectivity index (χ4n) is 2.32. The molecule has 108 valence electrons. The minimum absolute atomic E-state index is 0.332. The number of benzene rings is 1. The molecule has 21 heavy (non-hydrogen) atoms. The first-order valence-corrected chi connectivity index (χ1v) is 7.30. The Kier molecular flexibility index (Phi) is 3.55. The van der Waals surface area contributed by atoms with Crippen molar-refractivity contribution in [2.45, 2.75) is 26.8 Å². The van der Waals surface area contributed by atoms with Crippen LogP contribution in [0, 0.1) is 6.92 Å². The van der Waals surface area contributed by atoms with E-state index in [1.165, 1.54) is 0 Å². The van der Waals surface area contributed by atoms with E-state index in [2.05, 4.69) is 29.2 Å². The Balaban J connectivity index is 2.17. The minimum atomic E-state index is 0.332. The fourth-order valence-corrected chi connectivity index (χ4v) is 2.44. The predicted molar refractivity (Wildman–Crippen MR) is 86.9 cm³/mol. The Morgan fingerprint density at radius 1 is 1.19 bits per heavy atom. The van der Waals surface area contributed by atoms with Gasteiger partial charge in [0, 0.05) is 28.4 Å². The average Bonchev–Trinajstić information content (AvgIpc) is 2.83. The number of aromatic nitrogens is 3. The van der Waals surface area contributed by atoms with E-state index in [9.17, 15) is 0 Å². The molecule has 0 spiro atoms. The molecule has 2 heterocycles. The molecule has 5 heteroatoms. The van der Waals surface area contributed by atoms with E-state index in [0.29, 0.717) is 6.04 Å². The van der Waals surface area contributed by atoms with E-state index in [0.717, 1.165) is 33.3 Å². The summed E-state index contributed by atoms with van der Waals surface area (Å²) in [5.74, 6) is 0.952. The zero-order valence-corrected chi connectivity index (χ0v) is 13.0. The number of hydrogen-bond donors (Lipinski definition) is 1. The van der Waals surface area contributed by atoms with Crippen molar-refractivity contribution >= 4 is 23.1 Å². The van der Waals surface area contributed by atoms with Crippen LogP contribution in [0.1, 0.15) is 19.5 Å². The molecule has 0 bridgehead atoms. The van der Waals surface area contributed by atoms with Crippen molar-refractivity contribution < 1.29 is 0 Å². The zero-order chi connectivity index (χ0) is 15.0. The van der Waals surface area contributed by atoms with E-state index in [-0.39, 0.29) is 0 Å². The van der Waals surface area contributed by atoms with Gasteiger partial charge in [-0.05, 0) is 38.5 Å². The highest BCUT2D eigenvalue weighted by molar-refractivity contribution is 6.30. The van der Waals surface area contributed by atoms with E-state index in [1.807, 2.05) is 48.0 Å². The Morgan fingerprint density at radius 3 is 2.57 bits per heavy atom. The highest BCUT2D eigenvalue weighted by Crippen LogP contribution is 2.27. The monoisotopic (exact) mass is 300 g/mol. The molecule has 0 saturated heterocycles. The number of nitrogens with one attached hydrogen (secondary N) is 1. The van der Waals surface area contributed by atoms with Crippen LogP contribution in [0.2, 0.25) is 5.02 Å². The van der Waals surface area contributed by atoms with Gasteiger partial charge in [0.25, 0.3) is 0 Å². The van der Waals surface area contributed by atoms with Crippen LogP contribution >= 0.6 is 11.6 Å². The summed E-state index contributed by atoms with van der Waals surface area (Å²) in [5, 5.41) is 8.60. The summed E-state index contributed by atoms with van der Waals surface area (Å²) in [5.41, 5.74) is 3.87. The lowest BCUT2D eigenvalue weighted by Gasteiger charge is -2.12. The second-order valence-electron chi connectivity index (χ2n) is 5.38. The largest absolute Gasteiger partial charge is 0.368 e. The highest BCUT2D eigenvalue weighted by Gasteiger charge is 2.12. The van der Waals surface area contributed by atoms with Gasteiger partial charge in [0.15, 0.2) is 5.65 Å². The Hall–Kier alpha value is -2.07. The third kappa shape index (κ3) is 2.72.